The highest BCUT2D eigenvalue weighted by Crippen LogP contribution is 2.32. The minimum atomic E-state index is -3.97. The molecule has 16 N–H and O–H groups in total. The van der Waals surface area contributed by atoms with Gasteiger partial charge in [-0.1, -0.05) is 0 Å². The van der Waals surface area contributed by atoms with Crippen molar-refractivity contribution in [3.05, 3.63) is 0 Å². The van der Waals surface area contributed by atoms with Crippen molar-refractivity contribution in [1.29, 1.82) is 0 Å². The van der Waals surface area contributed by atoms with E-state index < -0.39 is 104 Å². The second kappa shape index (κ2) is 15.8. The molecule has 0 radical (unpaired) electrons. The standard InChI is InChI=1S/C24H46F2N6O11/c25-24(26,8-27)20(38)21(39)32-12-5-11(29)18(42-22-10(28)2-1-9(40-22)6-31-3-4-33)17(37)19(12)43-23-16(36)14(30)15(35)13(7-34)41-23/h9-20,22-23,31,33-38H,1-8,27-30H2,(H,32,39)/t9-,10+,11-,12+,13+,14-,15+,16+,17-,18?,19-,20?,22+,23+/m0/s1. The summed E-state index contributed by atoms with van der Waals surface area (Å²) in [4.78, 5) is 12.6. The molecule has 2 aliphatic heterocycles. The number of hydrogen-bond donors (Lipinski definition) is 12. The molecule has 0 aromatic carbocycles. The summed E-state index contributed by atoms with van der Waals surface area (Å²) in [7, 11) is 0. The van der Waals surface area contributed by atoms with Crippen LogP contribution in [0.3, 0.4) is 0 Å². The number of amides is 1. The average Bonchev–Trinajstić information content (AvgIpc) is 2.98. The maximum atomic E-state index is 14.0. The van der Waals surface area contributed by atoms with Gasteiger partial charge in [0.05, 0.1) is 44.0 Å². The molecule has 0 bridgehead atoms. The fourth-order valence-electron chi connectivity index (χ4n) is 5.34. The number of carbonyl (C=O) groups is 1. The number of ether oxygens (including phenoxy) is 4. The lowest BCUT2D eigenvalue weighted by molar-refractivity contribution is -0.314. The molecule has 0 aromatic heterocycles. The Balaban J connectivity index is 1.82. The molecule has 3 fully saturated rings. The molecular weight excluding hydrogens is 586 g/mol. The second-order valence-electron chi connectivity index (χ2n) is 11.2. The van der Waals surface area contributed by atoms with E-state index in [1.165, 1.54) is 0 Å². The first kappa shape index (κ1) is 36.2. The van der Waals surface area contributed by atoms with Crippen LogP contribution in [0.15, 0.2) is 0 Å². The van der Waals surface area contributed by atoms with Gasteiger partial charge in [0.1, 0.15) is 36.6 Å². The van der Waals surface area contributed by atoms with Crippen molar-refractivity contribution in [3.8, 4) is 0 Å². The molecule has 1 aliphatic carbocycles. The van der Waals surface area contributed by atoms with E-state index in [1.807, 2.05) is 0 Å². The van der Waals surface area contributed by atoms with Gasteiger partial charge >= 0.3 is 0 Å². The Hall–Kier alpha value is -1.27. The van der Waals surface area contributed by atoms with E-state index in [9.17, 15) is 39.1 Å². The number of aliphatic hydroxyl groups is 6. The molecule has 0 spiro atoms. The first-order valence-electron chi connectivity index (χ1n) is 14.2. The molecule has 43 heavy (non-hydrogen) atoms. The zero-order chi connectivity index (χ0) is 32.1. The van der Waals surface area contributed by atoms with Gasteiger partial charge in [-0.3, -0.25) is 4.79 Å². The number of halogens is 2. The Bertz CT molecular complexity index is 886. The van der Waals surface area contributed by atoms with Gasteiger partial charge in [0.2, 0.25) is 0 Å². The Morgan fingerprint density at radius 2 is 1.65 bits per heavy atom. The van der Waals surface area contributed by atoms with E-state index in [1.54, 1.807) is 0 Å². The van der Waals surface area contributed by atoms with Gasteiger partial charge in [-0.25, -0.2) is 8.78 Å². The van der Waals surface area contributed by atoms with Gasteiger partial charge < -0.3 is 83.2 Å². The third-order valence-electron chi connectivity index (χ3n) is 7.94. The van der Waals surface area contributed by atoms with E-state index in [2.05, 4.69) is 10.6 Å². The fourth-order valence-corrected chi connectivity index (χ4v) is 5.34. The largest absolute Gasteiger partial charge is 0.395 e. The lowest BCUT2D eigenvalue weighted by Gasteiger charge is -2.48. The predicted octanol–water partition coefficient (Wildman–Crippen LogP) is -6.53. The number of alkyl halides is 2. The van der Waals surface area contributed by atoms with Gasteiger partial charge in [-0.05, 0) is 19.3 Å². The molecular formula is C24H46F2N6O11. The van der Waals surface area contributed by atoms with Crippen LogP contribution in [-0.4, -0.2) is 161 Å². The smallest absolute Gasteiger partial charge is 0.294 e. The summed E-state index contributed by atoms with van der Waals surface area (Å²) < 4.78 is 51.1. The van der Waals surface area contributed by atoms with Crippen LogP contribution in [0, 0.1) is 0 Å². The summed E-state index contributed by atoms with van der Waals surface area (Å²) in [6.45, 7) is -1.38. The molecule has 14 atom stereocenters. The van der Waals surface area contributed by atoms with Crippen LogP contribution in [0.2, 0.25) is 0 Å². The first-order chi connectivity index (χ1) is 20.2. The molecule has 1 saturated carbocycles. The van der Waals surface area contributed by atoms with E-state index in [4.69, 9.17) is 47.0 Å². The van der Waals surface area contributed by atoms with Gasteiger partial charge in [0, 0.05) is 19.1 Å². The highest BCUT2D eigenvalue weighted by Gasteiger charge is 2.52. The minimum Gasteiger partial charge on any atom is -0.395 e. The van der Waals surface area contributed by atoms with E-state index in [0.717, 1.165) is 0 Å². The summed E-state index contributed by atoms with van der Waals surface area (Å²) in [5.74, 6) is -5.51. The van der Waals surface area contributed by atoms with Crippen LogP contribution in [0.4, 0.5) is 8.78 Å². The van der Waals surface area contributed by atoms with Gasteiger partial charge in [-0.15, -0.1) is 0 Å². The van der Waals surface area contributed by atoms with Crippen LogP contribution in [0.1, 0.15) is 19.3 Å². The van der Waals surface area contributed by atoms with Crippen LogP contribution >= 0.6 is 0 Å². The number of rotatable bonds is 13. The van der Waals surface area contributed by atoms with Crippen LogP contribution in [0.5, 0.6) is 0 Å². The summed E-state index contributed by atoms with van der Waals surface area (Å²) >= 11 is 0. The second-order valence-corrected chi connectivity index (χ2v) is 11.2. The number of nitrogens with two attached hydrogens (primary N) is 4. The van der Waals surface area contributed by atoms with Crippen LogP contribution < -0.4 is 33.6 Å². The molecule has 1 amide bonds. The molecule has 2 saturated heterocycles. The maximum absolute atomic E-state index is 14.0. The van der Waals surface area contributed by atoms with Crippen molar-refractivity contribution in [2.24, 2.45) is 22.9 Å². The Morgan fingerprint density at radius 1 is 0.977 bits per heavy atom. The SMILES string of the molecule is NCC(F)(F)C(O)C(=O)N[C@@H]1C[C@H](N)C(O[C@H]2O[C@H](CNCCO)CC[C@H]2N)[C@H](O)[C@H]1O[C@H]1O[C@H](CO)[C@@H](O)[C@H](N)[C@H]1O. The molecule has 19 heteroatoms. The highest BCUT2D eigenvalue weighted by molar-refractivity contribution is 5.82. The fraction of sp³-hybridized carbons (Fsp3) is 0.958. The van der Waals surface area contributed by atoms with E-state index in [-0.39, 0.29) is 19.1 Å². The maximum Gasteiger partial charge on any atom is 0.294 e. The van der Waals surface area contributed by atoms with Crippen LogP contribution in [0.25, 0.3) is 0 Å². The minimum absolute atomic E-state index is 0.0718. The third kappa shape index (κ3) is 8.71. The topological polar surface area (TPSA) is 304 Å². The third-order valence-corrected chi connectivity index (χ3v) is 7.94. The molecule has 3 aliphatic rings. The summed E-state index contributed by atoms with van der Waals surface area (Å²) in [5, 5.41) is 65.9. The summed E-state index contributed by atoms with van der Waals surface area (Å²) in [5.41, 5.74) is 23.3. The number of hydrogen-bond acceptors (Lipinski definition) is 16. The van der Waals surface area contributed by atoms with Crippen molar-refractivity contribution in [3.63, 3.8) is 0 Å². The molecule has 0 aromatic rings. The molecule has 3 rings (SSSR count). The van der Waals surface area contributed by atoms with E-state index in [0.29, 0.717) is 25.9 Å². The molecule has 2 unspecified atom stereocenters. The zero-order valence-electron chi connectivity index (χ0n) is 23.5. The van der Waals surface area contributed by atoms with Crippen molar-refractivity contribution in [2.75, 3.05) is 32.8 Å². The lowest BCUT2D eigenvalue weighted by Crippen LogP contribution is -2.69. The van der Waals surface area contributed by atoms with Crippen LogP contribution in [-0.2, 0) is 23.7 Å². The van der Waals surface area contributed by atoms with Crippen molar-refractivity contribution in [2.45, 2.75) is 111 Å². The first-order valence-corrected chi connectivity index (χ1v) is 14.2. The number of carbonyl (C=O) groups excluding carboxylic acids is 1. The zero-order valence-corrected chi connectivity index (χ0v) is 23.5. The molecule has 252 valence electrons. The highest BCUT2D eigenvalue weighted by atomic mass is 19.3. The predicted molar refractivity (Wildman–Crippen MR) is 142 cm³/mol. The number of aliphatic hydroxyl groups excluding tert-OH is 6. The average molecular weight is 633 g/mol. The van der Waals surface area contributed by atoms with Gasteiger partial charge in [0.15, 0.2) is 18.7 Å². The Morgan fingerprint density at radius 3 is 2.28 bits per heavy atom. The molecule has 2 heterocycles. The Kier molecular flexibility index (Phi) is 13.3. The summed E-state index contributed by atoms with van der Waals surface area (Å²) in [6.07, 6.45) is -14.1. The van der Waals surface area contributed by atoms with Crippen molar-refractivity contribution < 1.29 is 63.2 Å². The monoisotopic (exact) mass is 632 g/mol. The van der Waals surface area contributed by atoms with E-state index >= 15 is 0 Å². The Labute approximate surface area is 246 Å². The quantitative estimate of drug-likeness (QED) is 0.0840. The van der Waals surface area contributed by atoms with Crippen molar-refractivity contribution in [1.82, 2.24) is 10.6 Å². The normalized spacial score (nSPS) is 41.5. The molecule has 17 nitrogen and oxygen atoms in total. The number of nitrogens with one attached hydrogen (secondary N) is 2. The van der Waals surface area contributed by atoms with Gasteiger partial charge in [-0.2, -0.15) is 0 Å². The van der Waals surface area contributed by atoms with Gasteiger partial charge in [0.25, 0.3) is 11.8 Å². The lowest BCUT2D eigenvalue weighted by atomic mass is 9.83. The summed E-state index contributed by atoms with van der Waals surface area (Å²) in [6, 6.07) is -4.37. The van der Waals surface area contributed by atoms with Crippen molar-refractivity contribution >= 4 is 5.91 Å².